The third-order valence-corrected chi connectivity index (χ3v) is 5.55. The van der Waals surface area contributed by atoms with Crippen molar-refractivity contribution in [2.75, 3.05) is 17.7 Å². The molecule has 0 aliphatic carbocycles. The number of amides is 1. The van der Waals surface area contributed by atoms with Crippen LogP contribution in [0.15, 0.2) is 47.4 Å². The van der Waals surface area contributed by atoms with Crippen molar-refractivity contribution < 1.29 is 31.9 Å². The smallest absolute Gasteiger partial charge is 0.287 e. The summed E-state index contributed by atoms with van der Waals surface area (Å²) in [6.45, 7) is -0.737. The summed E-state index contributed by atoms with van der Waals surface area (Å²) < 4.78 is 54.4. The first-order chi connectivity index (χ1) is 15.5. The highest BCUT2D eigenvalue weighted by Gasteiger charge is 2.24. The number of carbonyl (C=O) groups excluding carboxylic acids is 2. The van der Waals surface area contributed by atoms with Crippen LogP contribution in [0.5, 0.6) is 0 Å². The number of anilines is 3. The minimum atomic E-state index is -4.25. The van der Waals surface area contributed by atoms with E-state index < -0.39 is 57.6 Å². The van der Waals surface area contributed by atoms with Crippen molar-refractivity contribution in [3.8, 4) is 0 Å². The van der Waals surface area contributed by atoms with Crippen LogP contribution in [-0.2, 0) is 14.8 Å². The van der Waals surface area contributed by atoms with Gasteiger partial charge in [0.05, 0.1) is 11.5 Å². The number of benzene rings is 2. The molecule has 2 aromatic carbocycles. The molecule has 1 atom stereocenters. The number of aromatic nitrogens is 3. The van der Waals surface area contributed by atoms with Crippen LogP contribution >= 0.6 is 0 Å². The van der Waals surface area contributed by atoms with Crippen LogP contribution in [0.2, 0.25) is 0 Å². The normalized spacial score (nSPS) is 12.2. The van der Waals surface area contributed by atoms with E-state index in [0.717, 1.165) is 30.3 Å². The average Bonchev–Trinajstić information content (AvgIpc) is 3.12. The molecule has 0 unspecified atom stereocenters. The van der Waals surface area contributed by atoms with Gasteiger partial charge in [0, 0.05) is 5.69 Å². The highest BCUT2D eigenvalue weighted by Crippen LogP contribution is 2.20. The Balaban J connectivity index is 1.78. The molecule has 0 spiro atoms. The number of aliphatic hydroxyl groups excluding tert-OH is 1. The van der Waals surface area contributed by atoms with Crippen LogP contribution < -0.4 is 21.5 Å². The third-order valence-electron chi connectivity index (χ3n) is 4.19. The highest BCUT2D eigenvalue weighted by atomic mass is 32.2. The van der Waals surface area contributed by atoms with Crippen molar-refractivity contribution in [3.05, 3.63) is 59.7 Å². The molecule has 0 fully saturated rings. The lowest BCUT2D eigenvalue weighted by atomic mass is 10.2. The Morgan fingerprint density at radius 3 is 2.30 bits per heavy atom. The summed E-state index contributed by atoms with van der Waals surface area (Å²) in [5, 5.41) is 15.3. The number of halogens is 2. The van der Waals surface area contributed by atoms with Crippen LogP contribution in [0.4, 0.5) is 26.4 Å². The van der Waals surface area contributed by atoms with Gasteiger partial charge < -0.3 is 21.9 Å². The van der Waals surface area contributed by atoms with Crippen molar-refractivity contribution in [2.45, 2.75) is 10.9 Å². The van der Waals surface area contributed by atoms with Crippen molar-refractivity contribution in [2.24, 2.45) is 5.73 Å². The van der Waals surface area contributed by atoms with Gasteiger partial charge in [0.1, 0.15) is 23.2 Å². The molecule has 0 bridgehead atoms. The average molecular weight is 481 g/mol. The van der Waals surface area contributed by atoms with Crippen molar-refractivity contribution in [1.82, 2.24) is 19.5 Å². The molecule has 15 heteroatoms. The first-order valence-corrected chi connectivity index (χ1v) is 10.5. The fraction of sp³-hybridized carbons (Fsp3) is 0.111. The summed E-state index contributed by atoms with van der Waals surface area (Å²) in [6.07, 6.45) is 0. The second-order valence-corrected chi connectivity index (χ2v) is 8.20. The van der Waals surface area contributed by atoms with Gasteiger partial charge in [-0.2, -0.15) is 9.67 Å². The molecule has 12 nitrogen and oxygen atoms in total. The maximum absolute atomic E-state index is 13.9. The number of nitrogens with zero attached hydrogens (tertiary/aromatic N) is 3. The number of nitrogens with one attached hydrogen (secondary N) is 2. The largest absolute Gasteiger partial charge is 0.394 e. The zero-order valence-corrected chi connectivity index (χ0v) is 17.4. The Bertz CT molecular complexity index is 1290. The van der Waals surface area contributed by atoms with E-state index >= 15 is 0 Å². The molecular formula is C18H17F2N7O5S. The molecule has 7 N–H and O–H groups in total. The summed E-state index contributed by atoms with van der Waals surface area (Å²) in [4.78, 5) is 27.6. The molecule has 0 radical (unpaired) electrons. The van der Waals surface area contributed by atoms with Gasteiger partial charge in [0.15, 0.2) is 0 Å². The third kappa shape index (κ3) is 5.11. The van der Waals surface area contributed by atoms with Crippen LogP contribution in [0.1, 0.15) is 10.4 Å². The lowest BCUT2D eigenvalue weighted by Crippen LogP contribution is -2.45. The molecule has 0 saturated carbocycles. The molecule has 0 aliphatic heterocycles. The van der Waals surface area contributed by atoms with Gasteiger partial charge in [-0.1, -0.05) is 6.07 Å². The number of hydrogen-bond acceptors (Lipinski definition) is 10. The van der Waals surface area contributed by atoms with Gasteiger partial charge in [0.2, 0.25) is 11.9 Å². The topological polar surface area (TPSA) is 195 Å². The van der Waals surface area contributed by atoms with Crippen LogP contribution in [-0.4, -0.2) is 52.8 Å². The molecule has 3 aromatic rings. The fourth-order valence-electron chi connectivity index (χ4n) is 2.53. The van der Waals surface area contributed by atoms with Crippen LogP contribution in [0.3, 0.4) is 0 Å². The van der Waals surface area contributed by atoms with Gasteiger partial charge in [-0.15, -0.1) is 5.10 Å². The Morgan fingerprint density at radius 2 is 1.73 bits per heavy atom. The first-order valence-electron chi connectivity index (χ1n) is 9.05. The summed E-state index contributed by atoms with van der Waals surface area (Å²) >= 11 is 0. The molecule has 1 heterocycles. The molecule has 174 valence electrons. The number of rotatable bonds is 7. The summed E-state index contributed by atoms with van der Waals surface area (Å²) in [5.41, 5.74) is 10.3. The van der Waals surface area contributed by atoms with E-state index in [1.165, 1.54) is 12.1 Å². The maximum atomic E-state index is 13.9. The predicted octanol–water partition coefficient (Wildman–Crippen LogP) is -0.305. The first kappa shape index (κ1) is 23.7. The predicted molar refractivity (Wildman–Crippen MR) is 111 cm³/mol. The number of sulfonamides is 1. The van der Waals surface area contributed by atoms with E-state index in [-0.39, 0.29) is 16.5 Å². The minimum Gasteiger partial charge on any atom is -0.394 e. The summed E-state index contributed by atoms with van der Waals surface area (Å²) in [5.74, 6) is -5.13. The lowest BCUT2D eigenvalue weighted by molar-refractivity contribution is -0.121. The van der Waals surface area contributed by atoms with Crippen molar-refractivity contribution in [1.29, 1.82) is 0 Å². The molecule has 0 saturated heterocycles. The van der Waals surface area contributed by atoms with E-state index in [2.05, 4.69) is 15.4 Å². The molecule has 0 aliphatic rings. The number of aliphatic hydroxyl groups is 1. The van der Waals surface area contributed by atoms with Gasteiger partial charge in [-0.25, -0.2) is 21.9 Å². The van der Waals surface area contributed by atoms with Gasteiger partial charge in [-0.05, 0) is 36.4 Å². The van der Waals surface area contributed by atoms with Crippen molar-refractivity contribution >= 4 is 39.4 Å². The molecule has 33 heavy (non-hydrogen) atoms. The van der Waals surface area contributed by atoms with Crippen molar-refractivity contribution in [3.63, 3.8) is 0 Å². The Labute approximate surface area is 185 Å². The summed E-state index contributed by atoms with van der Waals surface area (Å²) in [6, 6.07) is 6.35. The number of nitrogens with two attached hydrogens (primary N) is 2. The monoisotopic (exact) mass is 481 g/mol. The van der Waals surface area contributed by atoms with E-state index in [4.69, 9.17) is 16.6 Å². The summed E-state index contributed by atoms with van der Waals surface area (Å²) in [7, 11) is -4.25. The number of nitrogen functional groups attached to an aromatic ring is 1. The Morgan fingerprint density at radius 1 is 1.12 bits per heavy atom. The Hall–Kier alpha value is -3.95. The van der Waals surface area contributed by atoms with Crippen LogP contribution in [0.25, 0.3) is 0 Å². The molecular weight excluding hydrogens is 464 g/mol. The van der Waals surface area contributed by atoms with E-state index in [1.54, 1.807) is 4.72 Å². The fourth-order valence-corrected chi connectivity index (χ4v) is 3.56. The standard InChI is InChI=1S/C18H17F2N7O5S/c19-11-2-1-3-12(20)14(11)16(30)27-17(22)24-18(25-27)23-9-4-6-10(7-5-9)33(31,32)26-15(29)13(21)8-28/h1-7,13,28H,8,21H2,(H,26,29)(H3,22,23,24,25)/t13-/m0/s1. The highest BCUT2D eigenvalue weighted by molar-refractivity contribution is 7.90. The minimum absolute atomic E-state index is 0.213. The molecule has 3 rings (SSSR count). The van der Waals surface area contributed by atoms with E-state index in [0.29, 0.717) is 4.68 Å². The zero-order chi connectivity index (χ0) is 24.3. The Kier molecular flexibility index (Phi) is 6.66. The SMILES string of the molecule is Nc1nc(Nc2ccc(S(=O)(=O)NC(=O)[C@@H](N)CO)cc2)nn1C(=O)c1c(F)cccc1F. The van der Waals surface area contributed by atoms with E-state index in [1.807, 2.05) is 0 Å². The van der Waals surface area contributed by atoms with Gasteiger partial charge >= 0.3 is 0 Å². The lowest BCUT2D eigenvalue weighted by Gasteiger charge is -2.10. The molecule has 1 amide bonds. The zero-order valence-electron chi connectivity index (χ0n) is 16.6. The number of hydrogen-bond donors (Lipinski definition) is 5. The van der Waals surface area contributed by atoms with Crippen LogP contribution in [0, 0.1) is 11.6 Å². The van der Waals surface area contributed by atoms with Gasteiger partial charge in [-0.3, -0.25) is 9.59 Å². The maximum Gasteiger partial charge on any atom is 0.287 e. The quantitative estimate of drug-likeness (QED) is 0.299. The van der Waals surface area contributed by atoms with Gasteiger partial charge in [0.25, 0.3) is 21.8 Å². The molecule has 1 aromatic heterocycles. The second-order valence-electron chi connectivity index (χ2n) is 6.52. The second kappa shape index (κ2) is 9.27. The number of carbonyl (C=O) groups is 2. The van der Waals surface area contributed by atoms with E-state index in [9.17, 15) is 26.8 Å².